The molecule has 0 aliphatic heterocycles. The molecule has 17 heavy (non-hydrogen) atoms. The molecule has 0 amide bonds. The standard InChI is InChI=1S/C11H16N2O3S/c1-12-17(15,16)8-7-13-6-5-9-10(13)3-2-4-11(9)14/h5-6,12H,2-4,7-8H2,1H3. The summed E-state index contributed by atoms with van der Waals surface area (Å²) in [6.07, 6.45) is 4.12. The number of ketones is 1. The van der Waals surface area contributed by atoms with E-state index in [0.717, 1.165) is 24.1 Å². The summed E-state index contributed by atoms with van der Waals surface area (Å²) < 4.78 is 26.8. The van der Waals surface area contributed by atoms with Crippen molar-refractivity contribution in [1.29, 1.82) is 0 Å². The van der Waals surface area contributed by atoms with Gasteiger partial charge in [0, 0.05) is 30.4 Å². The molecule has 0 aromatic carbocycles. The smallest absolute Gasteiger partial charge is 0.213 e. The Balaban J connectivity index is 2.16. The molecule has 94 valence electrons. The predicted octanol–water partition coefficient (Wildman–Crippen LogP) is 0.556. The second-order valence-corrected chi connectivity index (χ2v) is 6.22. The quantitative estimate of drug-likeness (QED) is 0.855. The number of nitrogens with zero attached hydrogens (tertiary/aromatic N) is 1. The molecule has 1 aliphatic carbocycles. The first-order valence-electron chi connectivity index (χ1n) is 5.66. The molecule has 0 saturated carbocycles. The molecule has 0 unspecified atom stereocenters. The fourth-order valence-electron chi connectivity index (χ4n) is 2.12. The predicted molar refractivity (Wildman–Crippen MR) is 64.5 cm³/mol. The molecular formula is C11H16N2O3S. The van der Waals surface area contributed by atoms with Gasteiger partial charge in [-0.05, 0) is 26.0 Å². The molecule has 1 aromatic rings. The van der Waals surface area contributed by atoms with E-state index >= 15 is 0 Å². The average Bonchev–Trinajstić information content (AvgIpc) is 2.71. The van der Waals surface area contributed by atoms with Crippen LogP contribution in [0.1, 0.15) is 28.9 Å². The maximum atomic E-state index is 11.6. The molecule has 0 atom stereocenters. The number of rotatable bonds is 4. The second kappa shape index (κ2) is 4.62. The Kier molecular flexibility index (Phi) is 3.35. The van der Waals surface area contributed by atoms with E-state index in [2.05, 4.69) is 4.72 Å². The van der Waals surface area contributed by atoms with Crippen LogP contribution in [0.25, 0.3) is 0 Å². The molecule has 5 nitrogen and oxygen atoms in total. The molecule has 0 fully saturated rings. The Bertz CT molecular complexity index is 531. The number of fused-ring (bicyclic) bond motifs is 1. The van der Waals surface area contributed by atoms with Gasteiger partial charge in [-0.25, -0.2) is 13.1 Å². The van der Waals surface area contributed by atoms with Gasteiger partial charge in [0.05, 0.1) is 5.75 Å². The van der Waals surface area contributed by atoms with E-state index in [1.54, 1.807) is 12.3 Å². The molecule has 2 rings (SSSR count). The molecular weight excluding hydrogens is 240 g/mol. The van der Waals surface area contributed by atoms with Gasteiger partial charge in [0.15, 0.2) is 5.78 Å². The number of hydrogen-bond donors (Lipinski definition) is 1. The number of aryl methyl sites for hydroxylation is 1. The lowest BCUT2D eigenvalue weighted by Gasteiger charge is -2.14. The molecule has 1 aromatic heterocycles. The van der Waals surface area contributed by atoms with E-state index in [4.69, 9.17) is 0 Å². The van der Waals surface area contributed by atoms with Crippen LogP contribution in [0.2, 0.25) is 0 Å². The Morgan fingerprint density at radius 1 is 1.41 bits per heavy atom. The van der Waals surface area contributed by atoms with Gasteiger partial charge in [0.1, 0.15) is 0 Å². The van der Waals surface area contributed by atoms with E-state index in [0.29, 0.717) is 13.0 Å². The summed E-state index contributed by atoms with van der Waals surface area (Å²) >= 11 is 0. The van der Waals surface area contributed by atoms with Gasteiger partial charge < -0.3 is 4.57 Å². The van der Waals surface area contributed by atoms with Crippen molar-refractivity contribution in [2.45, 2.75) is 25.8 Å². The van der Waals surface area contributed by atoms with Crippen LogP contribution in [-0.2, 0) is 23.0 Å². The van der Waals surface area contributed by atoms with Crippen LogP contribution in [0.3, 0.4) is 0 Å². The van der Waals surface area contributed by atoms with E-state index in [9.17, 15) is 13.2 Å². The lowest BCUT2D eigenvalue weighted by Crippen LogP contribution is -2.25. The van der Waals surface area contributed by atoms with Crippen molar-refractivity contribution in [3.05, 3.63) is 23.5 Å². The zero-order valence-electron chi connectivity index (χ0n) is 9.77. The van der Waals surface area contributed by atoms with Crippen LogP contribution in [0.5, 0.6) is 0 Å². The van der Waals surface area contributed by atoms with Gasteiger partial charge in [0.25, 0.3) is 0 Å². The van der Waals surface area contributed by atoms with Crippen LogP contribution in [0.15, 0.2) is 12.3 Å². The summed E-state index contributed by atoms with van der Waals surface area (Å²) in [6.45, 7) is 0.395. The minimum atomic E-state index is -3.19. The zero-order valence-corrected chi connectivity index (χ0v) is 10.6. The Morgan fingerprint density at radius 3 is 2.88 bits per heavy atom. The maximum Gasteiger partial charge on any atom is 0.213 e. The fraction of sp³-hybridized carbons (Fsp3) is 0.545. The third-order valence-electron chi connectivity index (χ3n) is 3.11. The van der Waals surface area contributed by atoms with Crippen molar-refractivity contribution in [3.8, 4) is 0 Å². The highest BCUT2D eigenvalue weighted by Gasteiger charge is 2.20. The van der Waals surface area contributed by atoms with Gasteiger partial charge in [-0.1, -0.05) is 0 Å². The molecule has 0 bridgehead atoms. The largest absolute Gasteiger partial charge is 0.350 e. The van der Waals surface area contributed by atoms with Crippen molar-refractivity contribution in [2.24, 2.45) is 0 Å². The molecule has 1 N–H and O–H groups in total. The van der Waals surface area contributed by atoms with Gasteiger partial charge in [-0.2, -0.15) is 0 Å². The third-order valence-corrected chi connectivity index (χ3v) is 4.45. The van der Waals surface area contributed by atoms with Crippen LogP contribution in [-0.4, -0.2) is 31.6 Å². The molecule has 0 saturated heterocycles. The Hall–Kier alpha value is -1.14. The fourth-order valence-corrected chi connectivity index (χ4v) is 2.76. The highest BCUT2D eigenvalue weighted by Crippen LogP contribution is 2.22. The van der Waals surface area contributed by atoms with Gasteiger partial charge >= 0.3 is 0 Å². The van der Waals surface area contributed by atoms with Crippen LogP contribution >= 0.6 is 0 Å². The average molecular weight is 256 g/mol. The number of carbonyl (C=O) groups is 1. The molecule has 0 spiro atoms. The number of aromatic nitrogens is 1. The highest BCUT2D eigenvalue weighted by atomic mass is 32.2. The number of nitrogens with one attached hydrogen (secondary N) is 1. The van der Waals surface area contributed by atoms with Gasteiger partial charge in [-0.3, -0.25) is 4.79 Å². The summed E-state index contributed by atoms with van der Waals surface area (Å²) in [7, 11) is -1.78. The van der Waals surface area contributed by atoms with E-state index in [1.807, 2.05) is 4.57 Å². The van der Waals surface area contributed by atoms with Crippen molar-refractivity contribution in [2.75, 3.05) is 12.8 Å². The van der Waals surface area contributed by atoms with E-state index in [-0.39, 0.29) is 11.5 Å². The summed E-state index contributed by atoms with van der Waals surface area (Å²) in [4.78, 5) is 11.6. The Labute approximate surface area is 101 Å². The number of Topliss-reactive ketones (excluding diaryl/α,β-unsaturated/α-hetero) is 1. The summed E-state index contributed by atoms with van der Waals surface area (Å²) in [6, 6.07) is 1.79. The van der Waals surface area contributed by atoms with Crippen molar-refractivity contribution in [3.63, 3.8) is 0 Å². The highest BCUT2D eigenvalue weighted by molar-refractivity contribution is 7.89. The monoisotopic (exact) mass is 256 g/mol. The summed E-state index contributed by atoms with van der Waals surface area (Å²) in [5.41, 5.74) is 1.74. The van der Waals surface area contributed by atoms with Crippen LogP contribution in [0, 0.1) is 0 Å². The van der Waals surface area contributed by atoms with Gasteiger partial charge in [-0.15, -0.1) is 0 Å². The molecule has 6 heteroatoms. The van der Waals surface area contributed by atoms with E-state index < -0.39 is 10.0 Å². The third kappa shape index (κ3) is 2.58. The lowest BCUT2D eigenvalue weighted by molar-refractivity contribution is 0.0972. The first-order valence-corrected chi connectivity index (χ1v) is 7.31. The summed E-state index contributed by atoms with van der Waals surface area (Å²) in [5, 5.41) is 0. The zero-order chi connectivity index (χ0) is 12.5. The summed E-state index contributed by atoms with van der Waals surface area (Å²) in [5.74, 6) is 0.209. The number of sulfonamides is 1. The van der Waals surface area contributed by atoms with Crippen molar-refractivity contribution < 1.29 is 13.2 Å². The second-order valence-electron chi connectivity index (χ2n) is 4.17. The van der Waals surface area contributed by atoms with Crippen molar-refractivity contribution >= 4 is 15.8 Å². The van der Waals surface area contributed by atoms with Crippen LogP contribution in [0.4, 0.5) is 0 Å². The van der Waals surface area contributed by atoms with Crippen LogP contribution < -0.4 is 4.72 Å². The molecule has 0 radical (unpaired) electrons. The minimum absolute atomic E-state index is 0.0405. The number of carbonyl (C=O) groups excluding carboxylic acids is 1. The SMILES string of the molecule is CNS(=O)(=O)CCn1ccc2c1CCCC2=O. The maximum absolute atomic E-state index is 11.6. The van der Waals surface area contributed by atoms with Gasteiger partial charge in [0.2, 0.25) is 10.0 Å². The first kappa shape index (κ1) is 12.3. The molecule has 1 heterocycles. The topological polar surface area (TPSA) is 68.2 Å². The van der Waals surface area contributed by atoms with E-state index in [1.165, 1.54) is 7.05 Å². The normalized spacial score (nSPS) is 15.9. The minimum Gasteiger partial charge on any atom is -0.350 e. The Morgan fingerprint density at radius 2 is 2.18 bits per heavy atom. The lowest BCUT2D eigenvalue weighted by atomic mass is 9.97. The molecule has 1 aliphatic rings. The number of hydrogen-bond acceptors (Lipinski definition) is 3. The first-order chi connectivity index (χ1) is 8.03. The van der Waals surface area contributed by atoms with Crippen molar-refractivity contribution in [1.82, 2.24) is 9.29 Å².